The molecule has 28 heavy (non-hydrogen) atoms. The largest absolute Gasteiger partial charge is 0.290 e. The molecule has 0 aromatic heterocycles. The zero-order valence-electron chi connectivity index (χ0n) is 15.3. The lowest BCUT2D eigenvalue weighted by Gasteiger charge is -2.12. The van der Waals surface area contributed by atoms with Crippen LogP contribution in [0.5, 0.6) is 0 Å². The Labute approximate surface area is 172 Å². The molecule has 0 atom stereocenters. The van der Waals surface area contributed by atoms with E-state index in [4.69, 9.17) is 0 Å². The molecule has 2 aromatic rings. The first-order valence-electron chi connectivity index (χ1n) is 8.43. The highest BCUT2D eigenvalue weighted by Crippen LogP contribution is 2.20. The maximum Gasteiger partial charge on any atom is 0.284 e. The zero-order chi connectivity index (χ0) is 20.3. The second-order valence-electron chi connectivity index (χ2n) is 6.15. The first-order chi connectivity index (χ1) is 13.3. The fourth-order valence-corrected chi connectivity index (χ4v) is 3.74. The number of sulfonamides is 1. The molecule has 7 heteroatoms. The number of rotatable bonds is 3. The molecule has 0 saturated carbocycles. The van der Waals surface area contributed by atoms with Crippen molar-refractivity contribution in [3.05, 3.63) is 87.9 Å². The summed E-state index contributed by atoms with van der Waals surface area (Å²) in [6.45, 7) is 3.50. The number of carbonyl (C=O) groups excluding carboxylic acids is 1. The van der Waals surface area contributed by atoms with E-state index in [-0.39, 0.29) is 16.5 Å². The van der Waals surface area contributed by atoms with Gasteiger partial charge in [-0.05, 0) is 55.8 Å². The van der Waals surface area contributed by atoms with Gasteiger partial charge in [0.15, 0.2) is 11.6 Å². The van der Waals surface area contributed by atoms with Gasteiger partial charge in [-0.3, -0.25) is 4.79 Å². The summed E-state index contributed by atoms with van der Waals surface area (Å²) in [6, 6.07) is 15.1. The number of nitrogens with zero attached hydrogens (tertiary/aromatic N) is 2. The van der Waals surface area contributed by atoms with E-state index in [1.54, 1.807) is 56.3 Å². The summed E-state index contributed by atoms with van der Waals surface area (Å²) < 4.78 is 30.4. The van der Waals surface area contributed by atoms with Crippen molar-refractivity contribution in [1.29, 1.82) is 0 Å². The molecule has 0 amide bonds. The summed E-state index contributed by atoms with van der Waals surface area (Å²) in [5, 5.41) is 0. The molecule has 0 unspecified atom stereocenters. The number of ketones is 1. The van der Waals surface area contributed by atoms with Crippen molar-refractivity contribution in [3.63, 3.8) is 0 Å². The van der Waals surface area contributed by atoms with Crippen molar-refractivity contribution >= 4 is 43.3 Å². The van der Waals surface area contributed by atoms with Crippen molar-refractivity contribution in [1.82, 2.24) is 0 Å². The van der Waals surface area contributed by atoms with Crippen LogP contribution in [0, 0.1) is 0 Å². The predicted molar refractivity (Wildman–Crippen MR) is 114 cm³/mol. The Balaban J connectivity index is 2.15. The zero-order valence-corrected chi connectivity index (χ0v) is 17.7. The monoisotopic (exact) mass is 456 g/mol. The van der Waals surface area contributed by atoms with Crippen LogP contribution in [-0.2, 0) is 14.8 Å². The van der Waals surface area contributed by atoms with Crippen molar-refractivity contribution < 1.29 is 13.2 Å². The topological polar surface area (TPSA) is 75.9 Å². The standard InChI is InChI=1S/C21H17BrN2O3S/c1-14-15(2)20(25)13-12-19(14)23-21(16-6-4-3-5-7-16)24-28(26,27)18-10-8-17(22)9-11-18/h3-13H,1-2H3/b23-19?,24-21-. The number of halogens is 1. The van der Waals surface area contributed by atoms with Crippen LogP contribution in [-0.4, -0.2) is 25.7 Å². The molecular formula is C21H17BrN2O3S. The Morgan fingerprint density at radius 2 is 1.54 bits per heavy atom. The van der Waals surface area contributed by atoms with E-state index in [9.17, 15) is 13.2 Å². The van der Waals surface area contributed by atoms with Crippen LogP contribution in [0.4, 0.5) is 0 Å². The number of carbonyl (C=O) groups is 1. The van der Waals surface area contributed by atoms with Crippen molar-refractivity contribution in [2.45, 2.75) is 18.7 Å². The molecule has 0 saturated heterocycles. The Morgan fingerprint density at radius 1 is 0.893 bits per heavy atom. The van der Waals surface area contributed by atoms with Gasteiger partial charge in [0.05, 0.1) is 10.6 Å². The van der Waals surface area contributed by atoms with E-state index in [2.05, 4.69) is 25.3 Å². The van der Waals surface area contributed by atoms with E-state index in [0.717, 1.165) is 4.47 Å². The van der Waals surface area contributed by atoms with E-state index in [1.165, 1.54) is 18.2 Å². The van der Waals surface area contributed by atoms with Crippen molar-refractivity contribution in [3.8, 4) is 0 Å². The predicted octanol–water partition coefficient (Wildman–Crippen LogP) is 4.50. The van der Waals surface area contributed by atoms with Gasteiger partial charge >= 0.3 is 0 Å². The third kappa shape index (κ3) is 4.43. The molecule has 1 aliphatic carbocycles. The highest BCUT2D eigenvalue weighted by Gasteiger charge is 2.18. The fourth-order valence-electron chi connectivity index (χ4n) is 2.51. The van der Waals surface area contributed by atoms with Crippen molar-refractivity contribution in [2.24, 2.45) is 9.39 Å². The van der Waals surface area contributed by atoms with Crippen LogP contribution in [0.25, 0.3) is 0 Å². The van der Waals surface area contributed by atoms with Gasteiger partial charge in [-0.2, -0.15) is 8.42 Å². The Hall–Kier alpha value is -2.64. The normalized spacial score (nSPS) is 16.8. The van der Waals surface area contributed by atoms with Gasteiger partial charge in [0.1, 0.15) is 0 Å². The summed E-state index contributed by atoms with van der Waals surface area (Å²) in [5.41, 5.74) is 2.33. The number of amidine groups is 1. The molecule has 0 spiro atoms. The first kappa shape index (κ1) is 20.1. The SMILES string of the molecule is CC1=C(C)C(=N/C(=N\S(=O)(=O)c2ccc(Br)cc2)c2ccccc2)C=CC1=O. The van der Waals surface area contributed by atoms with E-state index in [1.807, 2.05) is 6.07 Å². The summed E-state index contributed by atoms with van der Waals surface area (Å²) in [7, 11) is -3.96. The van der Waals surface area contributed by atoms with Crippen LogP contribution in [0.3, 0.4) is 0 Å². The van der Waals surface area contributed by atoms with Crippen LogP contribution in [0.1, 0.15) is 19.4 Å². The highest BCUT2D eigenvalue weighted by atomic mass is 79.9. The maximum absolute atomic E-state index is 12.8. The van der Waals surface area contributed by atoms with Gasteiger partial charge in [-0.1, -0.05) is 46.3 Å². The Morgan fingerprint density at radius 3 is 2.18 bits per heavy atom. The number of aliphatic imine (C=N–C) groups is 1. The van der Waals surface area contributed by atoms with Gasteiger partial charge in [0, 0.05) is 15.6 Å². The van der Waals surface area contributed by atoms with Gasteiger partial charge in [0.25, 0.3) is 10.0 Å². The summed E-state index contributed by atoms with van der Waals surface area (Å²) in [4.78, 5) is 16.4. The first-order valence-corrected chi connectivity index (χ1v) is 10.7. The maximum atomic E-state index is 12.8. The lowest BCUT2D eigenvalue weighted by Crippen LogP contribution is -2.14. The Bertz CT molecular complexity index is 1140. The molecular weight excluding hydrogens is 440 g/mol. The van der Waals surface area contributed by atoms with Gasteiger partial charge in [-0.15, -0.1) is 4.40 Å². The lowest BCUT2D eigenvalue weighted by atomic mass is 9.97. The molecule has 0 bridgehead atoms. The molecule has 0 aliphatic heterocycles. The summed E-state index contributed by atoms with van der Waals surface area (Å²) >= 11 is 3.29. The van der Waals surface area contributed by atoms with E-state index in [0.29, 0.717) is 22.4 Å². The van der Waals surface area contributed by atoms with E-state index < -0.39 is 10.0 Å². The third-order valence-corrected chi connectivity index (χ3v) is 6.10. The van der Waals surface area contributed by atoms with Gasteiger partial charge in [-0.25, -0.2) is 4.99 Å². The van der Waals surface area contributed by atoms with Gasteiger partial charge < -0.3 is 0 Å². The number of hydrogen-bond acceptors (Lipinski definition) is 3. The number of hydrogen-bond donors (Lipinski definition) is 0. The average Bonchev–Trinajstić information content (AvgIpc) is 2.68. The molecule has 2 aromatic carbocycles. The second kappa shape index (κ2) is 8.16. The molecule has 0 fully saturated rings. The lowest BCUT2D eigenvalue weighted by molar-refractivity contribution is -0.111. The minimum absolute atomic E-state index is 0.0599. The molecule has 1 aliphatic rings. The second-order valence-corrected chi connectivity index (χ2v) is 8.67. The molecule has 3 rings (SSSR count). The minimum Gasteiger partial charge on any atom is -0.290 e. The molecule has 5 nitrogen and oxygen atoms in total. The molecule has 0 N–H and O–H groups in total. The van der Waals surface area contributed by atoms with Crippen LogP contribution >= 0.6 is 15.9 Å². The summed E-state index contributed by atoms with van der Waals surface area (Å²) in [5.74, 6) is -0.0261. The highest BCUT2D eigenvalue weighted by molar-refractivity contribution is 9.10. The van der Waals surface area contributed by atoms with Crippen LogP contribution in [0.15, 0.2) is 96.7 Å². The fraction of sp³-hybridized carbons (Fsp3) is 0.0952. The smallest absolute Gasteiger partial charge is 0.284 e. The van der Waals surface area contributed by atoms with Gasteiger partial charge in [0.2, 0.25) is 0 Å². The average molecular weight is 457 g/mol. The molecule has 0 heterocycles. The number of benzene rings is 2. The minimum atomic E-state index is -3.96. The molecule has 0 radical (unpaired) electrons. The van der Waals surface area contributed by atoms with E-state index >= 15 is 0 Å². The quantitative estimate of drug-likeness (QED) is 0.387. The summed E-state index contributed by atoms with van der Waals surface area (Å²) in [6.07, 6.45) is 3.00. The number of allylic oxidation sites excluding steroid dienone is 4. The van der Waals surface area contributed by atoms with Crippen LogP contribution < -0.4 is 0 Å². The van der Waals surface area contributed by atoms with Crippen molar-refractivity contribution in [2.75, 3.05) is 0 Å². The Kier molecular flexibility index (Phi) is 5.86. The molecule has 142 valence electrons. The van der Waals surface area contributed by atoms with Crippen LogP contribution in [0.2, 0.25) is 0 Å². The third-order valence-electron chi connectivity index (χ3n) is 4.29.